The van der Waals surface area contributed by atoms with Crippen LogP contribution in [-0.2, 0) is 11.3 Å². The molecule has 0 aliphatic rings. The van der Waals surface area contributed by atoms with Gasteiger partial charge in [0.05, 0.1) is 6.20 Å². The number of amides is 1. The molecule has 0 fully saturated rings. The van der Waals surface area contributed by atoms with Crippen molar-refractivity contribution in [1.29, 1.82) is 0 Å². The number of rotatable bonds is 4. The van der Waals surface area contributed by atoms with E-state index >= 15 is 0 Å². The van der Waals surface area contributed by atoms with E-state index in [1.165, 1.54) is 6.39 Å². The van der Waals surface area contributed by atoms with Crippen molar-refractivity contribution in [2.75, 3.05) is 5.88 Å². The number of hydrogen-bond acceptors (Lipinski definition) is 3. The second-order valence-electron chi connectivity index (χ2n) is 3.47. The summed E-state index contributed by atoms with van der Waals surface area (Å²) in [5, 5.41) is 2.70. The molecule has 5 heteroatoms. The Kier molecular flexibility index (Phi) is 3.77. The van der Waals surface area contributed by atoms with Gasteiger partial charge in [0.1, 0.15) is 5.88 Å². The zero-order valence-corrected chi connectivity index (χ0v) is 9.78. The molecule has 0 radical (unpaired) electrons. The lowest BCUT2D eigenvalue weighted by atomic mass is 10.1. The van der Waals surface area contributed by atoms with Gasteiger partial charge in [-0.3, -0.25) is 4.79 Å². The summed E-state index contributed by atoms with van der Waals surface area (Å²) in [4.78, 5) is 14.8. The van der Waals surface area contributed by atoms with Crippen LogP contribution < -0.4 is 5.32 Å². The minimum Gasteiger partial charge on any atom is -0.444 e. The van der Waals surface area contributed by atoms with E-state index in [1.54, 1.807) is 6.20 Å². The van der Waals surface area contributed by atoms with Gasteiger partial charge in [-0.25, -0.2) is 4.98 Å². The first-order valence-electron chi connectivity index (χ1n) is 5.10. The monoisotopic (exact) mass is 250 g/mol. The first-order valence-corrected chi connectivity index (χ1v) is 5.63. The number of alkyl halides is 1. The van der Waals surface area contributed by atoms with Crippen molar-refractivity contribution in [3.63, 3.8) is 0 Å². The Hall–Kier alpha value is -1.81. The summed E-state index contributed by atoms with van der Waals surface area (Å²) in [6, 6.07) is 7.68. The number of nitrogens with zero attached hydrogens (tertiary/aromatic N) is 1. The molecule has 0 aliphatic carbocycles. The lowest BCUT2D eigenvalue weighted by Gasteiger charge is -2.03. The molecule has 0 spiro atoms. The molecule has 0 saturated carbocycles. The smallest absolute Gasteiger partial charge is 0.235 e. The van der Waals surface area contributed by atoms with Crippen LogP contribution in [0.2, 0.25) is 0 Å². The summed E-state index contributed by atoms with van der Waals surface area (Å²) >= 11 is 5.38. The molecule has 0 atom stereocenters. The van der Waals surface area contributed by atoms with Gasteiger partial charge in [-0.2, -0.15) is 0 Å². The number of halogens is 1. The molecule has 1 N–H and O–H groups in total. The number of hydrogen-bond donors (Lipinski definition) is 1. The van der Waals surface area contributed by atoms with E-state index in [9.17, 15) is 4.79 Å². The molecular formula is C12H11ClN2O2. The van der Waals surface area contributed by atoms with Crippen molar-refractivity contribution in [3.05, 3.63) is 42.4 Å². The lowest BCUT2D eigenvalue weighted by Crippen LogP contribution is -2.23. The lowest BCUT2D eigenvalue weighted by molar-refractivity contribution is -0.118. The third kappa shape index (κ3) is 3.07. The minimum atomic E-state index is -0.175. The second-order valence-corrected chi connectivity index (χ2v) is 3.74. The summed E-state index contributed by atoms with van der Waals surface area (Å²) in [6.45, 7) is 0.474. The Morgan fingerprint density at radius 2 is 2.12 bits per heavy atom. The summed E-state index contributed by atoms with van der Waals surface area (Å²) in [6.07, 6.45) is 3.05. The van der Waals surface area contributed by atoms with Crippen molar-refractivity contribution in [2.45, 2.75) is 6.54 Å². The number of benzene rings is 1. The topological polar surface area (TPSA) is 55.1 Å². The van der Waals surface area contributed by atoms with E-state index in [1.807, 2.05) is 24.3 Å². The molecule has 0 unspecified atom stereocenters. The molecule has 4 nitrogen and oxygen atoms in total. The van der Waals surface area contributed by atoms with Crippen LogP contribution in [0.15, 0.2) is 41.3 Å². The Balaban J connectivity index is 2.01. The molecule has 0 aliphatic heterocycles. The predicted molar refractivity (Wildman–Crippen MR) is 64.5 cm³/mol. The van der Waals surface area contributed by atoms with Crippen molar-refractivity contribution in [1.82, 2.24) is 10.3 Å². The van der Waals surface area contributed by atoms with Gasteiger partial charge < -0.3 is 9.73 Å². The SMILES string of the molecule is O=C(CCl)NCc1ccc(-c2cnco2)cc1. The van der Waals surface area contributed by atoms with E-state index in [4.69, 9.17) is 16.0 Å². The first kappa shape index (κ1) is 11.7. The maximum Gasteiger partial charge on any atom is 0.235 e. The van der Waals surface area contributed by atoms with Crippen LogP contribution in [0.5, 0.6) is 0 Å². The van der Waals surface area contributed by atoms with Crippen molar-refractivity contribution in [2.24, 2.45) is 0 Å². The minimum absolute atomic E-state index is 0.0177. The molecule has 0 saturated heterocycles. The van der Waals surface area contributed by atoms with Gasteiger partial charge in [0.15, 0.2) is 12.2 Å². The zero-order chi connectivity index (χ0) is 12.1. The number of carbonyl (C=O) groups excluding carboxylic acids is 1. The fraction of sp³-hybridized carbons (Fsp3) is 0.167. The summed E-state index contributed by atoms with van der Waals surface area (Å²) in [5.41, 5.74) is 1.96. The van der Waals surface area contributed by atoms with Gasteiger partial charge in [-0.05, 0) is 5.56 Å². The van der Waals surface area contributed by atoms with Crippen LogP contribution >= 0.6 is 11.6 Å². The van der Waals surface area contributed by atoms with Crippen LogP contribution in [0.3, 0.4) is 0 Å². The molecule has 1 aromatic heterocycles. The Labute approximate surface area is 104 Å². The summed E-state index contributed by atoms with van der Waals surface area (Å²) in [5.74, 6) is 0.531. The molecule has 1 amide bonds. The van der Waals surface area contributed by atoms with Crippen LogP contribution in [-0.4, -0.2) is 16.8 Å². The number of nitrogens with one attached hydrogen (secondary N) is 1. The quantitative estimate of drug-likeness (QED) is 0.847. The molecule has 1 aromatic carbocycles. The highest BCUT2D eigenvalue weighted by molar-refractivity contribution is 6.27. The van der Waals surface area contributed by atoms with Crippen LogP contribution in [0.4, 0.5) is 0 Å². The van der Waals surface area contributed by atoms with E-state index in [0.29, 0.717) is 6.54 Å². The largest absolute Gasteiger partial charge is 0.444 e. The second kappa shape index (κ2) is 5.50. The summed E-state index contributed by atoms with van der Waals surface area (Å²) in [7, 11) is 0. The molecule has 2 aromatic rings. The highest BCUT2D eigenvalue weighted by atomic mass is 35.5. The van der Waals surface area contributed by atoms with E-state index in [2.05, 4.69) is 10.3 Å². The average molecular weight is 251 g/mol. The third-order valence-corrected chi connectivity index (χ3v) is 2.52. The fourth-order valence-corrected chi connectivity index (χ4v) is 1.49. The van der Waals surface area contributed by atoms with E-state index in [-0.39, 0.29) is 11.8 Å². The number of aromatic nitrogens is 1. The van der Waals surface area contributed by atoms with Gasteiger partial charge in [0.25, 0.3) is 0 Å². The van der Waals surface area contributed by atoms with Gasteiger partial charge in [0.2, 0.25) is 5.91 Å². The maximum absolute atomic E-state index is 11.0. The molecule has 0 bridgehead atoms. The van der Waals surface area contributed by atoms with Crippen LogP contribution in [0.1, 0.15) is 5.56 Å². The molecule has 88 valence electrons. The third-order valence-electron chi connectivity index (χ3n) is 2.28. The van der Waals surface area contributed by atoms with Gasteiger partial charge in [-0.1, -0.05) is 24.3 Å². The Bertz CT molecular complexity index is 480. The van der Waals surface area contributed by atoms with Gasteiger partial charge in [0, 0.05) is 12.1 Å². The first-order chi connectivity index (χ1) is 8.29. The zero-order valence-electron chi connectivity index (χ0n) is 9.02. The molecule has 1 heterocycles. The molecular weight excluding hydrogens is 240 g/mol. The van der Waals surface area contributed by atoms with E-state index < -0.39 is 0 Å². The highest BCUT2D eigenvalue weighted by Gasteiger charge is 2.02. The average Bonchev–Trinajstić information content (AvgIpc) is 2.90. The molecule has 17 heavy (non-hydrogen) atoms. The fourth-order valence-electron chi connectivity index (χ4n) is 1.39. The number of carbonyl (C=O) groups is 1. The maximum atomic E-state index is 11.0. The van der Waals surface area contributed by atoms with Crippen molar-refractivity contribution < 1.29 is 9.21 Å². The standard InChI is InChI=1S/C12H11ClN2O2/c13-5-12(16)15-6-9-1-3-10(4-2-9)11-7-14-8-17-11/h1-4,7-8H,5-6H2,(H,15,16). The Morgan fingerprint density at radius 1 is 1.35 bits per heavy atom. The highest BCUT2D eigenvalue weighted by Crippen LogP contribution is 2.18. The number of oxazole rings is 1. The van der Waals surface area contributed by atoms with E-state index in [0.717, 1.165) is 16.9 Å². The van der Waals surface area contributed by atoms with Gasteiger partial charge in [-0.15, -0.1) is 11.6 Å². The predicted octanol–water partition coefficient (Wildman–Crippen LogP) is 2.20. The Morgan fingerprint density at radius 3 is 2.71 bits per heavy atom. The van der Waals surface area contributed by atoms with Crippen molar-refractivity contribution >= 4 is 17.5 Å². The van der Waals surface area contributed by atoms with Gasteiger partial charge >= 0.3 is 0 Å². The van der Waals surface area contributed by atoms with Crippen LogP contribution in [0.25, 0.3) is 11.3 Å². The van der Waals surface area contributed by atoms with Crippen molar-refractivity contribution in [3.8, 4) is 11.3 Å². The molecule has 2 rings (SSSR count). The summed E-state index contributed by atoms with van der Waals surface area (Å²) < 4.78 is 5.18. The van der Waals surface area contributed by atoms with Crippen LogP contribution in [0, 0.1) is 0 Å². The normalized spacial score (nSPS) is 10.2.